The lowest BCUT2D eigenvalue weighted by Crippen LogP contribution is -2.05. The molecule has 3 aromatic carbocycles. The second-order valence-electron chi connectivity index (χ2n) is 7.19. The van der Waals surface area contributed by atoms with Gasteiger partial charge in [0.15, 0.2) is 0 Å². The van der Waals surface area contributed by atoms with E-state index in [1.54, 1.807) is 60.7 Å². The first kappa shape index (κ1) is 24.5. The van der Waals surface area contributed by atoms with Crippen LogP contribution >= 0.6 is 27.3 Å². The molecule has 0 aliphatic rings. The molecule has 0 unspecified atom stereocenters. The molecule has 4 rings (SSSR count). The fraction of sp³-hybridized carbons (Fsp3) is 0.0909. The summed E-state index contributed by atoms with van der Waals surface area (Å²) in [5.41, 5.74) is 1.65. The van der Waals surface area contributed by atoms with Crippen LogP contribution in [0, 0.1) is 0 Å². The van der Waals surface area contributed by atoms with Crippen LogP contribution in [0.3, 0.4) is 0 Å². The van der Waals surface area contributed by atoms with Crippen molar-refractivity contribution < 1.29 is 21.4 Å². The largest absolute Gasteiger partial charge is 0.360 e. The van der Waals surface area contributed by atoms with Gasteiger partial charge in [-0.2, -0.15) is 8.42 Å². The Morgan fingerprint density at radius 1 is 0.794 bits per heavy atom. The SMILES string of the molecule is O=S(=O)(O)c1ccc(CCNc2nnc(-c3ccc(S(=O)(=O)c4ccc(Br)cc4)cc3)s2)cc1. The highest BCUT2D eigenvalue weighted by atomic mass is 79.9. The van der Waals surface area contributed by atoms with Crippen molar-refractivity contribution in [3.8, 4) is 10.6 Å². The van der Waals surface area contributed by atoms with Gasteiger partial charge in [0.1, 0.15) is 5.01 Å². The minimum atomic E-state index is -4.20. The zero-order chi connectivity index (χ0) is 24.3. The topological polar surface area (TPSA) is 126 Å². The fourth-order valence-electron chi connectivity index (χ4n) is 3.08. The Kier molecular flexibility index (Phi) is 7.14. The van der Waals surface area contributed by atoms with Gasteiger partial charge >= 0.3 is 0 Å². The van der Waals surface area contributed by atoms with Crippen LogP contribution in [-0.4, -0.2) is 38.1 Å². The molecule has 34 heavy (non-hydrogen) atoms. The number of hydrogen-bond donors (Lipinski definition) is 2. The number of benzene rings is 3. The Labute approximate surface area is 209 Å². The maximum Gasteiger partial charge on any atom is 0.294 e. The Balaban J connectivity index is 1.39. The van der Waals surface area contributed by atoms with Crippen LogP contribution in [0.4, 0.5) is 5.13 Å². The minimum absolute atomic E-state index is 0.145. The summed E-state index contributed by atoms with van der Waals surface area (Å²) in [5, 5.41) is 12.7. The molecule has 0 bridgehead atoms. The zero-order valence-electron chi connectivity index (χ0n) is 17.4. The smallest absolute Gasteiger partial charge is 0.294 e. The number of nitrogens with one attached hydrogen (secondary N) is 1. The van der Waals surface area contributed by atoms with Crippen molar-refractivity contribution in [3.05, 3.63) is 82.8 Å². The van der Waals surface area contributed by atoms with Crippen molar-refractivity contribution in [2.75, 3.05) is 11.9 Å². The third-order valence-electron chi connectivity index (χ3n) is 4.87. The van der Waals surface area contributed by atoms with Crippen LogP contribution in [-0.2, 0) is 26.4 Å². The van der Waals surface area contributed by atoms with Crippen LogP contribution in [0.25, 0.3) is 10.6 Å². The lowest BCUT2D eigenvalue weighted by molar-refractivity contribution is 0.483. The summed E-state index contributed by atoms with van der Waals surface area (Å²) >= 11 is 4.64. The van der Waals surface area contributed by atoms with E-state index in [0.717, 1.165) is 15.6 Å². The molecule has 0 amide bonds. The molecule has 12 heteroatoms. The monoisotopic (exact) mass is 579 g/mol. The lowest BCUT2D eigenvalue weighted by atomic mass is 10.1. The van der Waals surface area contributed by atoms with Crippen molar-refractivity contribution in [3.63, 3.8) is 0 Å². The Bertz CT molecular complexity index is 1500. The third-order valence-corrected chi connectivity index (χ3v) is 8.98. The van der Waals surface area contributed by atoms with Gasteiger partial charge < -0.3 is 5.32 Å². The maximum atomic E-state index is 12.8. The molecule has 0 spiro atoms. The van der Waals surface area contributed by atoms with E-state index >= 15 is 0 Å². The van der Waals surface area contributed by atoms with E-state index in [1.165, 1.54) is 23.5 Å². The van der Waals surface area contributed by atoms with Crippen LogP contribution < -0.4 is 5.32 Å². The highest BCUT2D eigenvalue weighted by molar-refractivity contribution is 9.10. The fourth-order valence-corrected chi connectivity index (χ4v) is 5.86. The van der Waals surface area contributed by atoms with Gasteiger partial charge in [-0.1, -0.05) is 51.5 Å². The average Bonchev–Trinajstić information content (AvgIpc) is 3.28. The van der Waals surface area contributed by atoms with Gasteiger partial charge in [0.05, 0.1) is 14.7 Å². The van der Waals surface area contributed by atoms with E-state index in [0.29, 0.717) is 23.1 Å². The molecule has 8 nitrogen and oxygen atoms in total. The Morgan fingerprint density at radius 2 is 1.35 bits per heavy atom. The van der Waals surface area contributed by atoms with Crippen molar-refractivity contribution in [2.45, 2.75) is 21.1 Å². The molecule has 0 aliphatic carbocycles. The van der Waals surface area contributed by atoms with E-state index in [9.17, 15) is 16.8 Å². The van der Waals surface area contributed by atoms with Crippen LogP contribution in [0.2, 0.25) is 0 Å². The molecular weight excluding hydrogens is 562 g/mol. The normalized spacial score (nSPS) is 11.9. The lowest BCUT2D eigenvalue weighted by Gasteiger charge is -2.05. The molecular formula is C22H18BrN3O5S3. The van der Waals surface area contributed by atoms with Crippen molar-refractivity contribution in [1.29, 1.82) is 0 Å². The minimum Gasteiger partial charge on any atom is -0.360 e. The summed E-state index contributed by atoms with van der Waals surface area (Å²) in [7, 11) is -7.81. The van der Waals surface area contributed by atoms with Crippen molar-refractivity contribution >= 4 is 52.4 Å². The van der Waals surface area contributed by atoms with E-state index in [4.69, 9.17) is 4.55 Å². The molecule has 0 atom stereocenters. The number of aromatic nitrogens is 2. The van der Waals surface area contributed by atoms with E-state index in [-0.39, 0.29) is 14.7 Å². The number of sulfone groups is 1. The summed E-state index contributed by atoms with van der Waals surface area (Å²) in [6.07, 6.45) is 0.614. The van der Waals surface area contributed by atoms with Crippen molar-refractivity contribution in [2.24, 2.45) is 0 Å². The first-order chi connectivity index (χ1) is 16.1. The summed E-state index contributed by atoms with van der Waals surface area (Å²) < 4.78 is 57.7. The Morgan fingerprint density at radius 3 is 1.94 bits per heavy atom. The van der Waals surface area contributed by atoms with Crippen molar-refractivity contribution in [1.82, 2.24) is 10.2 Å². The van der Waals surface area contributed by atoms with Gasteiger partial charge in [-0.25, -0.2) is 8.42 Å². The molecule has 0 saturated heterocycles. The summed E-state index contributed by atoms with van der Waals surface area (Å²) in [6, 6.07) is 19.0. The third kappa shape index (κ3) is 5.70. The van der Waals surface area contributed by atoms with Gasteiger partial charge in [-0.3, -0.25) is 4.55 Å². The molecule has 1 aromatic heterocycles. The van der Waals surface area contributed by atoms with Crippen LogP contribution in [0.15, 0.2) is 92.0 Å². The Hall–Kier alpha value is -2.64. The van der Waals surface area contributed by atoms with Crippen LogP contribution in [0.1, 0.15) is 5.56 Å². The van der Waals surface area contributed by atoms with Crippen LogP contribution in [0.5, 0.6) is 0 Å². The highest BCUT2D eigenvalue weighted by Crippen LogP contribution is 2.29. The van der Waals surface area contributed by atoms with Gasteiger partial charge in [-0.15, -0.1) is 10.2 Å². The average molecular weight is 581 g/mol. The molecule has 2 N–H and O–H groups in total. The van der Waals surface area contributed by atoms with E-state index < -0.39 is 20.0 Å². The number of rotatable bonds is 8. The standard InChI is InChI=1S/C22H18BrN3O5S3/c23-17-5-11-19(12-6-17)33(27,28)18-9-3-16(4-10-18)21-25-26-22(32-21)24-14-13-15-1-7-20(8-2-15)34(29,30)31/h1-12H,13-14H2,(H,24,26)(H,29,30,31). The quantitative estimate of drug-likeness (QED) is 0.287. The van der Waals surface area contributed by atoms with E-state index in [2.05, 4.69) is 31.4 Å². The predicted molar refractivity (Wildman–Crippen MR) is 133 cm³/mol. The molecule has 0 fully saturated rings. The molecule has 0 saturated carbocycles. The van der Waals surface area contributed by atoms with Gasteiger partial charge in [0.2, 0.25) is 15.0 Å². The van der Waals surface area contributed by atoms with Gasteiger partial charge in [0.25, 0.3) is 10.1 Å². The summed E-state index contributed by atoms with van der Waals surface area (Å²) in [5.74, 6) is 0. The summed E-state index contributed by atoms with van der Waals surface area (Å²) in [6.45, 7) is 0.546. The second-order valence-corrected chi connectivity index (χ2v) is 12.5. The zero-order valence-corrected chi connectivity index (χ0v) is 21.5. The molecule has 4 aromatic rings. The second kappa shape index (κ2) is 9.92. The molecule has 1 heterocycles. The molecule has 176 valence electrons. The van der Waals surface area contributed by atoms with Gasteiger partial charge in [-0.05, 0) is 60.5 Å². The number of anilines is 1. The first-order valence-corrected chi connectivity index (χ1v) is 14.4. The predicted octanol–water partition coefficient (Wildman–Crippen LogP) is 4.70. The van der Waals surface area contributed by atoms with E-state index in [1.807, 2.05) is 0 Å². The summed E-state index contributed by atoms with van der Waals surface area (Å²) in [4.78, 5) is 0.272. The van der Waals surface area contributed by atoms with Gasteiger partial charge in [0, 0.05) is 16.6 Å². The number of nitrogens with zero attached hydrogens (tertiary/aromatic N) is 2. The first-order valence-electron chi connectivity index (χ1n) is 9.88. The number of hydrogen-bond acceptors (Lipinski definition) is 8. The number of halogens is 1. The molecule has 0 radical (unpaired) electrons. The highest BCUT2D eigenvalue weighted by Gasteiger charge is 2.18. The maximum absolute atomic E-state index is 12.8. The molecule has 0 aliphatic heterocycles.